The molecule has 2 aromatic heterocycles. The average Bonchev–Trinajstić information content (AvgIpc) is 3.16. The number of alkyl halides is 2. The van der Waals surface area contributed by atoms with Crippen LogP contribution in [0.5, 0.6) is 0 Å². The van der Waals surface area contributed by atoms with Crippen molar-refractivity contribution in [2.75, 3.05) is 23.3 Å². The summed E-state index contributed by atoms with van der Waals surface area (Å²) in [5, 5.41) is 9.04. The number of halogens is 2. The van der Waals surface area contributed by atoms with E-state index in [-0.39, 0.29) is 30.8 Å². The Bertz CT molecular complexity index is 918. The number of amides is 1. The second-order valence-electron chi connectivity index (χ2n) is 8.47. The molecule has 1 saturated carbocycles. The molecule has 7 nitrogen and oxygen atoms in total. The van der Waals surface area contributed by atoms with Crippen LogP contribution in [0.4, 0.5) is 20.4 Å². The van der Waals surface area contributed by atoms with Crippen molar-refractivity contribution in [2.24, 2.45) is 0 Å². The summed E-state index contributed by atoms with van der Waals surface area (Å²) in [6.07, 6.45) is 2.32. The summed E-state index contributed by atoms with van der Waals surface area (Å²) in [5.74, 6) is -0.582. The lowest BCUT2D eigenvalue weighted by atomic mass is 9.92. The van der Waals surface area contributed by atoms with Crippen molar-refractivity contribution in [3.8, 4) is 10.8 Å². The molecule has 1 aliphatic carbocycles. The van der Waals surface area contributed by atoms with Crippen LogP contribution in [0.2, 0.25) is 0 Å². The van der Waals surface area contributed by atoms with Crippen LogP contribution >= 0.6 is 11.3 Å². The maximum absolute atomic E-state index is 13.5. The monoisotopic (exact) mass is 450 g/mol. The molecule has 0 unspecified atom stereocenters. The van der Waals surface area contributed by atoms with Crippen LogP contribution in [0.3, 0.4) is 0 Å². The Balaban J connectivity index is 1.53. The van der Waals surface area contributed by atoms with Crippen LogP contribution in [-0.4, -0.2) is 52.0 Å². The number of anilines is 2. The lowest BCUT2D eigenvalue weighted by Gasteiger charge is -2.33. The van der Waals surface area contributed by atoms with E-state index in [9.17, 15) is 13.6 Å². The first-order valence-corrected chi connectivity index (χ1v) is 11.6. The minimum atomic E-state index is -2.56. The summed E-state index contributed by atoms with van der Waals surface area (Å²) in [7, 11) is 0. The summed E-state index contributed by atoms with van der Waals surface area (Å²) in [4.78, 5) is 27.4. The second kappa shape index (κ2) is 9.02. The molecule has 1 saturated heterocycles. The first-order valence-electron chi connectivity index (χ1n) is 10.8. The van der Waals surface area contributed by atoms with Crippen molar-refractivity contribution >= 4 is 28.9 Å². The molecule has 4 rings (SSSR count). The van der Waals surface area contributed by atoms with Gasteiger partial charge in [-0.15, -0.1) is 11.3 Å². The Kier molecular flexibility index (Phi) is 6.36. The number of carbonyl (C=O) groups is 1. The van der Waals surface area contributed by atoms with E-state index in [4.69, 9.17) is 4.98 Å². The number of rotatable bonds is 5. The minimum Gasteiger partial charge on any atom is -0.367 e. The lowest BCUT2D eigenvalue weighted by molar-refractivity contribution is -0.119. The molecule has 0 aromatic carbocycles. The molecule has 168 valence electrons. The first kappa shape index (κ1) is 21.9. The molecule has 10 heteroatoms. The van der Waals surface area contributed by atoms with E-state index in [1.807, 2.05) is 18.4 Å². The minimum absolute atomic E-state index is 0.00791. The molecule has 0 spiro atoms. The summed E-state index contributed by atoms with van der Waals surface area (Å²) in [5.41, 5.74) is 0.911. The highest BCUT2D eigenvalue weighted by atomic mass is 32.1. The molecule has 2 fully saturated rings. The second-order valence-corrected chi connectivity index (χ2v) is 9.32. The normalized spacial score (nSPS) is 19.9. The number of nitrogens with one attached hydrogen (secondary N) is 2. The fourth-order valence-corrected chi connectivity index (χ4v) is 4.88. The van der Waals surface area contributed by atoms with Gasteiger partial charge in [0, 0.05) is 62.1 Å². The molecule has 0 radical (unpaired) electrons. The number of hydrogen-bond acceptors (Lipinski definition) is 7. The molecule has 31 heavy (non-hydrogen) atoms. The van der Waals surface area contributed by atoms with E-state index < -0.39 is 5.92 Å². The zero-order chi connectivity index (χ0) is 22.0. The van der Waals surface area contributed by atoms with Gasteiger partial charge < -0.3 is 15.5 Å². The molecular weight excluding hydrogens is 422 g/mol. The zero-order valence-electron chi connectivity index (χ0n) is 17.8. The van der Waals surface area contributed by atoms with Crippen molar-refractivity contribution in [1.29, 1.82) is 0 Å². The van der Waals surface area contributed by atoms with Crippen molar-refractivity contribution in [3.05, 3.63) is 17.1 Å². The number of aryl methyl sites for hydroxylation is 1. The van der Waals surface area contributed by atoms with E-state index in [2.05, 4.69) is 25.5 Å². The van der Waals surface area contributed by atoms with Gasteiger partial charge in [-0.25, -0.2) is 23.7 Å². The first-order chi connectivity index (χ1) is 14.8. The van der Waals surface area contributed by atoms with Crippen molar-refractivity contribution in [3.63, 3.8) is 0 Å². The fraction of sp³-hybridized carbons (Fsp3) is 0.619. The highest BCUT2D eigenvalue weighted by Crippen LogP contribution is 2.35. The van der Waals surface area contributed by atoms with E-state index in [1.165, 1.54) is 18.3 Å². The predicted molar refractivity (Wildman–Crippen MR) is 118 cm³/mol. The van der Waals surface area contributed by atoms with Gasteiger partial charge in [0.15, 0.2) is 10.8 Å². The number of nitrogens with zero attached hydrogens (tertiary/aromatic N) is 4. The maximum atomic E-state index is 13.5. The SMILES string of the molecule is CC(=O)NC1CCN(c2cc(NC3CCC(F)(F)CC3)nc(-c3nc(C)cs3)n2)CC1. The molecule has 1 amide bonds. The highest BCUT2D eigenvalue weighted by molar-refractivity contribution is 7.13. The number of piperidine rings is 1. The summed E-state index contributed by atoms with van der Waals surface area (Å²) in [6.45, 7) is 5.01. The lowest BCUT2D eigenvalue weighted by Crippen LogP contribution is -2.44. The summed E-state index contributed by atoms with van der Waals surface area (Å²) < 4.78 is 27.1. The Morgan fingerprint density at radius 1 is 1.13 bits per heavy atom. The van der Waals surface area contributed by atoms with Crippen LogP contribution in [-0.2, 0) is 4.79 Å². The zero-order valence-corrected chi connectivity index (χ0v) is 18.6. The largest absolute Gasteiger partial charge is 0.367 e. The smallest absolute Gasteiger partial charge is 0.248 e. The van der Waals surface area contributed by atoms with Gasteiger partial charge in [0.2, 0.25) is 11.8 Å². The van der Waals surface area contributed by atoms with Crippen LogP contribution in [0.1, 0.15) is 51.1 Å². The van der Waals surface area contributed by atoms with Crippen LogP contribution in [0.25, 0.3) is 10.8 Å². The third-order valence-corrected chi connectivity index (χ3v) is 6.77. The summed E-state index contributed by atoms with van der Waals surface area (Å²) in [6, 6.07) is 2.05. The van der Waals surface area contributed by atoms with Crippen molar-refractivity contribution < 1.29 is 13.6 Å². The van der Waals surface area contributed by atoms with Gasteiger partial charge in [0.05, 0.1) is 0 Å². The van der Waals surface area contributed by atoms with Crippen LogP contribution < -0.4 is 15.5 Å². The van der Waals surface area contributed by atoms with Crippen LogP contribution in [0, 0.1) is 6.92 Å². The Labute approximate surface area is 184 Å². The fourth-order valence-electron chi connectivity index (χ4n) is 4.16. The van der Waals surface area contributed by atoms with E-state index in [0.29, 0.717) is 24.5 Å². The van der Waals surface area contributed by atoms with E-state index >= 15 is 0 Å². The molecule has 2 N–H and O–H groups in total. The Hall–Kier alpha value is -2.36. The standard InChI is InChI=1S/C21H28F2N6OS/c1-13-12-31-20(24-13)19-27-17(26-15-3-7-21(22,23)8-4-15)11-18(28-19)29-9-5-16(6-10-29)25-14(2)30/h11-12,15-16H,3-10H2,1-2H3,(H,25,30)(H,26,27,28). The number of hydrogen-bond donors (Lipinski definition) is 2. The molecule has 2 aromatic rings. The third-order valence-electron chi connectivity index (χ3n) is 5.82. The summed E-state index contributed by atoms with van der Waals surface area (Å²) >= 11 is 1.49. The average molecular weight is 451 g/mol. The number of thiazole rings is 1. The molecule has 0 atom stereocenters. The molecule has 3 heterocycles. The Morgan fingerprint density at radius 2 is 1.84 bits per heavy atom. The molecule has 0 bridgehead atoms. The van der Waals surface area contributed by atoms with Gasteiger partial charge in [-0.2, -0.15) is 0 Å². The van der Waals surface area contributed by atoms with Gasteiger partial charge in [-0.3, -0.25) is 4.79 Å². The molecule has 2 aliphatic rings. The van der Waals surface area contributed by atoms with Crippen molar-refractivity contribution in [2.45, 2.75) is 70.4 Å². The van der Waals surface area contributed by atoms with Gasteiger partial charge >= 0.3 is 0 Å². The van der Waals surface area contributed by atoms with Gasteiger partial charge in [0.25, 0.3) is 0 Å². The molecular formula is C21H28F2N6OS. The van der Waals surface area contributed by atoms with Gasteiger partial charge in [-0.05, 0) is 32.6 Å². The topological polar surface area (TPSA) is 83.0 Å². The van der Waals surface area contributed by atoms with E-state index in [0.717, 1.165) is 42.5 Å². The molecule has 1 aliphatic heterocycles. The highest BCUT2D eigenvalue weighted by Gasteiger charge is 2.35. The predicted octanol–water partition coefficient (Wildman–Crippen LogP) is 4.00. The number of aromatic nitrogens is 3. The van der Waals surface area contributed by atoms with Crippen molar-refractivity contribution in [1.82, 2.24) is 20.3 Å². The number of carbonyl (C=O) groups excluding carboxylic acids is 1. The van der Waals surface area contributed by atoms with Gasteiger partial charge in [0.1, 0.15) is 11.6 Å². The van der Waals surface area contributed by atoms with Crippen LogP contribution in [0.15, 0.2) is 11.4 Å². The van der Waals surface area contributed by atoms with E-state index in [1.54, 1.807) is 0 Å². The maximum Gasteiger partial charge on any atom is 0.248 e. The quantitative estimate of drug-likeness (QED) is 0.716. The third kappa shape index (κ3) is 5.66. The Morgan fingerprint density at radius 3 is 2.45 bits per heavy atom. The van der Waals surface area contributed by atoms with Gasteiger partial charge in [-0.1, -0.05) is 0 Å².